The second kappa shape index (κ2) is 10.4. The molecule has 0 bridgehead atoms. The lowest BCUT2D eigenvalue weighted by Gasteiger charge is -2.34. The first-order chi connectivity index (χ1) is 14.8. The van der Waals surface area contributed by atoms with Crippen LogP contribution in [-0.2, 0) is 6.54 Å². The zero-order valence-corrected chi connectivity index (χ0v) is 19.9. The second-order valence-electron chi connectivity index (χ2n) is 8.65. The van der Waals surface area contributed by atoms with Crippen LogP contribution in [-0.4, -0.2) is 23.5 Å². The zero-order valence-electron chi connectivity index (χ0n) is 19.1. The molecule has 1 saturated carbocycles. The maximum atomic E-state index is 13.1. The van der Waals surface area contributed by atoms with Gasteiger partial charge in [-0.2, -0.15) is 0 Å². The highest BCUT2D eigenvalue weighted by Crippen LogP contribution is 2.33. The fraction of sp³-hybridized carbons (Fsp3) is 0.520. The third kappa shape index (κ3) is 5.51. The van der Waals surface area contributed by atoms with E-state index in [2.05, 4.69) is 22.1 Å². The molecule has 1 amide bonds. The van der Waals surface area contributed by atoms with Gasteiger partial charge in [0.15, 0.2) is 0 Å². The highest BCUT2D eigenvalue weighted by atomic mass is 35.5. The van der Waals surface area contributed by atoms with Gasteiger partial charge >= 0.3 is 0 Å². The Labute approximate surface area is 190 Å². The Morgan fingerprint density at radius 3 is 2.42 bits per heavy atom. The molecule has 5 nitrogen and oxygen atoms in total. The SMILES string of the molecule is CCN(c1cc(Cl)cc(C(=O)NCc2c(C)cc(C)[nH]c2=O)c1C)C1CCCCCC1. The van der Waals surface area contributed by atoms with Crippen LogP contribution in [0.1, 0.15) is 78.2 Å². The summed E-state index contributed by atoms with van der Waals surface area (Å²) in [5.74, 6) is -0.211. The quantitative estimate of drug-likeness (QED) is 0.585. The highest BCUT2D eigenvalue weighted by molar-refractivity contribution is 6.31. The van der Waals surface area contributed by atoms with Crippen LogP contribution in [0.4, 0.5) is 5.69 Å². The maximum Gasteiger partial charge on any atom is 0.253 e. The molecule has 2 N–H and O–H groups in total. The van der Waals surface area contributed by atoms with Crippen molar-refractivity contribution in [1.82, 2.24) is 10.3 Å². The summed E-state index contributed by atoms with van der Waals surface area (Å²) >= 11 is 6.46. The fourth-order valence-electron chi connectivity index (χ4n) is 4.76. The van der Waals surface area contributed by atoms with Gasteiger partial charge in [0.25, 0.3) is 11.5 Å². The summed E-state index contributed by atoms with van der Waals surface area (Å²) in [4.78, 5) is 30.6. The van der Waals surface area contributed by atoms with Crippen molar-refractivity contribution >= 4 is 23.2 Å². The van der Waals surface area contributed by atoms with Crippen molar-refractivity contribution in [2.75, 3.05) is 11.4 Å². The molecular weight excluding hydrogens is 410 g/mol. The molecule has 2 aromatic rings. The smallest absolute Gasteiger partial charge is 0.253 e. The Morgan fingerprint density at radius 2 is 1.81 bits per heavy atom. The molecule has 1 aromatic carbocycles. The minimum Gasteiger partial charge on any atom is -0.369 e. The summed E-state index contributed by atoms with van der Waals surface area (Å²) in [6.45, 7) is 8.95. The number of nitrogens with zero attached hydrogens (tertiary/aromatic N) is 1. The topological polar surface area (TPSA) is 65.2 Å². The predicted molar refractivity (Wildman–Crippen MR) is 128 cm³/mol. The van der Waals surface area contributed by atoms with Crippen molar-refractivity contribution in [3.05, 3.63) is 61.5 Å². The normalized spacial score (nSPS) is 14.9. The molecule has 0 unspecified atom stereocenters. The summed E-state index contributed by atoms with van der Waals surface area (Å²) in [6, 6.07) is 6.10. The number of aryl methyl sites for hydroxylation is 2. The lowest BCUT2D eigenvalue weighted by Crippen LogP contribution is -2.36. The van der Waals surface area contributed by atoms with Crippen molar-refractivity contribution in [1.29, 1.82) is 0 Å². The number of amides is 1. The minimum atomic E-state index is -0.211. The third-order valence-electron chi connectivity index (χ3n) is 6.42. The number of hydrogen-bond donors (Lipinski definition) is 2. The molecule has 1 heterocycles. The van der Waals surface area contributed by atoms with Gasteiger partial charge in [0.2, 0.25) is 0 Å². The Hall–Kier alpha value is -2.27. The number of pyridine rings is 1. The molecule has 31 heavy (non-hydrogen) atoms. The van der Waals surface area contributed by atoms with E-state index in [9.17, 15) is 9.59 Å². The van der Waals surface area contributed by atoms with E-state index in [1.807, 2.05) is 32.9 Å². The van der Waals surface area contributed by atoms with Crippen molar-refractivity contribution in [2.24, 2.45) is 0 Å². The molecule has 1 fully saturated rings. The largest absolute Gasteiger partial charge is 0.369 e. The van der Waals surface area contributed by atoms with Gasteiger partial charge in [-0.1, -0.05) is 37.3 Å². The number of benzene rings is 1. The average Bonchev–Trinajstić information content (AvgIpc) is 2.99. The molecule has 0 spiro atoms. The Kier molecular flexibility index (Phi) is 7.82. The number of nitrogens with one attached hydrogen (secondary N) is 2. The summed E-state index contributed by atoms with van der Waals surface area (Å²) in [5, 5.41) is 3.48. The van der Waals surface area contributed by atoms with Gasteiger partial charge in [0.1, 0.15) is 0 Å². The number of aromatic amines is 1. The first-order valence-corrected chi connectivity index (χ1v) is 11.7. The molecule has 0 radical (unpaired) electrons. The van der Waals surface area contributed by atoms with Gasteiger partial charge < -0.3 is 15.2 Å². The van der Waals surface area contributed by atoms with Crippen molar-refractivity contribution in [3.8, 4) is 0 Å². The zero-order chi connectivity index (χ0) is 22.5. The Bertz CT molecular complexity index is 991. The number of carbonyl (C=O) groups excluding carboxylic acids is 1. The molecule has 168 valence electrons. The van der Waals surface area contributed by atoms with E-state index >= 15 is 0 Å². The van der Waals surface area contributed by atoms with Gasteiger partial charge in [-0.25, -0.2) is 0 Å². The van der Waals surface area contributed by atoms with E-state index in [-0.39, 0.29) is 18.0 Å². The van der Waals surface area contributed by atoms with Gasteiger partial charge in [0, 0.05) is 46.7 Å². The Balaban J connectivity index is 1.85. The number of hydrogen-bond acceptors (Lipinski definition) is 3. The fourth-order valence-corrected chi connectivity index (χ4v) is 4.97. The van der Waals surface area contributed by atoms with E-state index in [1.165, 1.54) is 38.5 Å². The van der Waals surface area contributed by atoms with E-state index in [0.29, 0.717) is 22.2 Å². The molecule has 0 saturated heterocycles. The van der Waals surface area contributed by atoms with Crippen molar-refractivity contribution in [3.63, 3.8) is 0 Å². The van der Waals surface area contributed by atoms with Crippen LogP contribution in [0.25, 0.3) is 0 Å². The van der Waals surface area contributed by atoms with Gasteiger partial charge in [0.05, 0.1) is 0 Å². The molecule has 0 aliphatic heterocycles. The van der Waals surface area contributed by atoms with Gasteiger partial charge in [-0.3, -0.25) is 9.59 Å². The minimum absolute atomic E-state index is 0.160. The molecular formula is C25H34ClN3O2. The van der Waals surface area contributed by atoms with E-state index in [0.717, 1.165) is 29.1 Å². The predicted octanol–water partition coefficient (Wildman–Crippen LogP) is 5.43. The number of H-pyrrole nitrogens is 1. The first-order valence-electron chi connectivity index (χ1n) is 11.4. The number of anilines is 1. The molecule has 1 aromatic heterocycles. The lowest BCUT2D eigenvalue weighted by atomic mass is 10.0. The van der Waals surface area contributed by atoms with Crippen LogP contribution in [0.15, 0.2) is 23.0 Å². The van der Waals surface area contributed by atoms with Crippen LogP contribution in [0.5, 0.6) is 0 Å². The van der Waals surface area contributed by atoms with Crippen LogP contribution in [0.2, 0.25) is 5.02 Å². The molecule has 1 aliphatic rings. The number of rotatable bonds is 6. The van der Waals surface area contributed by atoms with Crippen LogP contribution < -0.4 is 15.8 Å². The summed E-state index contributed by atoms with van der Waals surface area (Å²) < 4.78 is 0. The van der Waals surface area contributed by atoms with Crippen molar-refractivity contribution in [2.45, 2.75) is 78.8 Å². The van der Waals surface area contributed by atoms with Crippen LogP contribution >= 0.6 is 11.6 Å². The summed E-state index contributed by atoms with van der Waals surface area (Å²) in [7, 11) is 0. The number of aromatic nitrogens is 1. The highest BCUT2D eigenvalue weighted by Gasteiger charge is 2.23. The standard InChI is InChI=1S/C25H34ClN3O2/c1-5-29(20-10-8-6-7-9-11-20)23-14-19(26)13-21(18(23)4)24(30)27-15-22-16(2)12-17(3)28-25(22)31/h12-14,20H,5-11,15H2,1-4H3,(H,27,30)(H,28,31). The maximum absolute atomic E-state index is 13.1. The number of carbonyl (C=O) groups is 1. The van der Waals surface area contributed by atoms with Crippen molar-refractivity contribution < 1.29 is 4.79 Å². The molecule has 6 heteroatoms. The van der Waals surface area contributed by atoms with Crippen LogP contribution in [0.3, 0.4) is 0 Å². The van der Waals surface area contributed by atoms with Crippen LogP contribution in [0, 0.1) is 20.8 Å². The monoisotopic (exact) mass is 443 g/mol. The van der Waals surface area contributed by atoms with E-state index in [4.69, 9.17) is 11.6 Å². The number of halogens is 1. The summed E-state index contributed by atoms with van der Waals surface area (Å²) in [6.07, 6.45) is 7.45. The average molecular weight is 444 g/mol. The van der Waals surface area contributed by atoms with E-state index in [1.54, 1.807) is 6.07 Å². The second-order valence-corrected chi connectivity index (χ2v) is 9.09. The van der Waals surface area contributed by atoms with E-state index < -0.39 is 0 Å². The third-order valence-corrected chi connectivity index (χ3v) is 6.64. The summed E-state index contributed by atoms with van der Waals surface area (Å²) in [5.41, 5.74) is 4.63. The molecule has 1 aliphatic carbocycles. The molecule has 0 atom stereocenters. The Morgan fingerprint density at radius 1 is 1.13 bits per heavy atom. The molecule has 3 rings (SSSR count). The van der Waals surface area contributed by atoms with Gasteiger partial charge in [-0.15, -0.1) is 0 Å². The lowest BCUT2D eigenvalue weighted by molar-refractivity contribution is 0.0950. The first kappa shape index (κ1) is 23.4. The van der Waals surface area contributed by atoms with Gasteiger partial charge in [-0.05, 0) is 69.9 Å².